The number of nitrogens with zero attached hydrogens (tertiary/aromatic N) is 2. The Hall–Kier alpha value is -2.82. The van der Waals surface area contributed by atoms with Gasteiger partial charge in [0, 0.05) is 24.7 Å². The van der Waals surface area contributed by atoms with Gasteiger partial charge in [0.25, 0.3) is 10.0 Å². The first-order valence-corrected chi connectivity index (χ1v) is 10.5. The molecule has 1 fully saturated rings. The summed E-state index contributed by atoms with van der Waals surface area (Å²) in [6.45, 7) is 3.01. The van der Waals surface area contributed by atoms with Crippen molar-refractivity contribution in [1.82, 2.24) is 20.3 Å². The van der Waals surface area contributed by atoms with Crippen molar-refractivity contribution in [2.75, 3.05) is 18.4 Å². The van der Waals surface area contributed by atoms with Crippen LogP contribution in [0.1, 0.15) is 13.8 Å². The Morgan fingerprint density at radius 3 is 2.80 bits per heavy atom. The zero-order valence-electron chi connectivity index (χ0n) is 16.1. The number of amides is 3. The van der Waals surface area contributed by atoms with Crippen LogP contribution in [0.4, 0.5) is 19.3 Å². The number of carbonyl (C=O) groups is 2. The quantitative estimate of drug-likeness (QED) is 0.508. The number of nitrogens with one attached hydrogen (secondary N) is 4. The van der Waals surface area contributed by atoms with E-state index in [0.29, 0.717) is 12.6 Å². The molecule has 2 aliphatic rings. The van der Waals surface area contributed by atoms with Crippen molar-refractivity contribution in [2.24, 2.45) is 0 Å². The molecule has 3 amide bonds. The van der Waals surface area contributed by atoms with Crippen LogP contribution < -0.4 is 21.3 Å². The fourth-order valence-corrected chi connectivity index (χ4v) is 4.98. The van der Waals surface area contributed by atoms with E-state index >= 15 is 0 Å². The lowest BCUT2D eigenvalue weighted by molar-refractivity contribution is -0.121. The standard InChI is InChI=1S/C17H20F2N6O4S/c1-8-15(23-10(5-20)6-21-8)9(2)22-13(26)7-25-17(27)24-12-4-3-11(18)14(19)16(12)30(25,28)29/h3-4,8-10,15,21,23H,6-7H2,1-2H3,(H,22,26)(H,24,27)/t8?,9-,10?,15?/m0/s1. The van der Waals surface area contributed by atoms with Gasteiger partial charge in [-0.25, -0.2) is 26.3 Å². The molecular formula is C17H20F2N6O4S. The fraction of sp³-hybridized carbons (Fsp3) is 0.471. The van der Waals surface area contributed by atoms with Gasteiger partial charge in [-0.15, -0.1) is 0 Å². The molecular weight excluding hydrogens is 422 g/mol. The highest BCUT2D eigenvalue weighted by Crippen LogP contribution is 2.33. The first-order chi connectivity index (χ1) is 14.1. The molecule has 10 nitrogen and oxygen atoms in total. The molecule has 13 heteroatoms. The fourth-order valence-electron chi connectivity index (χ4n) is 3.48. The molecule has 2 aliphatic heterocycles. The van der Waals surface area contributed by atoms with E-state index in [1.165, 1.54) is 0 Å². The SMILES string of the molecule is CC1NCC(C#N)NC1[C@H](C)NC(=O)CN1C(=O)Nc2ccc(F)c(F)c2S1(=O)=O. The van der Waals surface area contributed by atoms with Gasteiger partial charge in [0.15, 0.2) is 11.6 Å². The van der Waals surface area contributed by atoms with Crippen LogP contribution >= 0.6 is 0 Å². The van der Waals surface area contributed by atoms with E-state index in [1.54, 1.807) is 6.92 Å². The average Bonchev–Trinajstić information content (AvgIpc) is 2.68. The monoisotopic (exact) mass is 442 g/mol. The third kappa shape index (κ3) is 3.93. The largest absolute Gasteiger partial charge is 0.350 e. The minimum atomic E-state index is -4.79. The van der Waals surface area contributed by atoms with Crippen LogP contribution in [0.2, 0.25) is 0 Å². The van der Waals surface area contributed by atoms with E-state index in [-0.39, 0.29) is 16.4 Å². The van der Waals surface area contributed by atoms with Crippen LogP contribution in [0.5, 0.6) is 0 Å². The molecule has 3 unspecified atom stereocenters. The van der Waals surface area contributed by atoms with Gasteiger partial charge >= 0.3 is 6.03 Å². The minimum absolute atomic E-state index is 0.101. The number of nitriles is 1. The highest BCUT2D eigenvalue weighted by molar-refractivity contribution is 7.90. The van der Waals surface area contributed by atoms with Crippen molar-refractivity contribution in [2.45, 2.75) is 42.9 Å². The van der Waals surface area contributed by atoms with Gasteiger partial charge < -0.3 is 16.0 Å². The Morgan fingerprint density at radius 1 is 1.43 bits per heavy atom. The molecule has 1 aromatic rings. The van der Waals surface area contributed by atoms with Crippen molar-refractivity contribution in [3.63, 3.8) is 0 Å². The maximum Gasteiger partial charge on any atom is 0.336 e. The number of urea groups is 1. The van der Waals surface area contributed by atoms with E-state index in [0.717, 1.165) is 6.07 Å². The molecule has 2 heterocycles. The van der Waals surface area contributed by atoms with E-state index in [4.69, 9.17) is 5.26 Å². The summed E-state index contributed by atoms with van der Waals surface area (Å²) in [5, 5.41) is 20.0. The van der Waals surface area contributed by atoms with Crippen LogP contribution in [0.25, 0.3) is 0 Å². The number of benzene rings is 1. The molecule has 162 valence electrons. The first kappa shape index (κ1) is 21.9. The van der Waals surface area contributed by atoms with Crippen LogP contribution in [-0.4, -0.2) is 61.9 Å². The van der Waals surface area contributed by atoms with Crippen LogP contribution in [-0.2, 0) is 14.8 Å². The molecule has 4 atom stereocenters. The van der Waals surface area contributed by atoms with E-state index < -0.39 is 62.8 Å². The van der Waals surface area contributed by atoms with Gasteiger partial charge in [0.2, 0.25) is 5.91 Å². The topological polar surface area (TPSA) is 143 Å². The Morgan fingerprint density at radius 2 is 2.13 bits per heavy atom. The van der Waals surface area contributed by atoms with Crippen molar-refractivity contribution in [1.29, 1.82) is 5.26 Å². The summed E-state index contributed by atoms with van der Waals surface area (Å²) in [6.07, 6.45) is 0. The van der Waals surface area contributed by atoms with Crippen molar-refractivity contribution in [3.8, 4) is 6.07 Å². The smallest absolute Gasteiger partial charge is 0.336 e. The molecule has 0 saturated carbocycles. The molecule has 0 spiro atoms. The van der Waals surface area contributed by atoms with Gasteiger partial charge in [-0.3, -0.25) is 10.1 Å². The van der Waals surface area contributed by atoms with Crippen molar-refractivity contribution < 1.29 is 26.8 Å². The molecule has 0 aliphatic carbocycles. The van der Waals surface area contributed by atoms with E-state index in [1.807, 2.05) is 6.92 Å². The van der Waals surface area contributed by atoms with Gasteiger partial charge in [-0.05, 0) is 26.0 Å². The van der Waals surface area contributed by atoms with Crippen molar-refractivity contribution >= 4 is 27.6 Å². The number of carbonyl (C=O) groups excluding carboxylic acids is 2. The number of fused-ring (bicyclic) bond motifs is 1. The predicted molar refractivity (Wildman–Crippen MR) is 101 cm³/mol. The second-order valence-electron chi connectivity index (χ2n) is 7.11. The predicted octanol–water partition coefficient (Wildman–Crippen LogP) is -0.152. The Kier molecular flexibility index (Phi) is 5.93. The second-order valence-corrected chi connectivity index (χ2v) is 8.91. The molecule has 30 heavy (non-hydrogen) atoms. The summed E-state index contributed by atoms with van der Waals surface area (Å²) in [5.74, 6) is -3.86. The highest BCUT2D eigenvalue weighted by atomic mass is 32.2. The number of halogens is 2. The highest BCUT2D eigenvalue weighted by Gasteiger charge is 2.41. The molecule has 3 rings (SSSR count). The van der Waals surface area contributed by atoms with Crippen molar-refractivity contribution in [3.05, 3.63) is 23.8 Å². The number of piperazine rings is 1. The summed E-state index contributed by atoms with van der Waals surface area (Å²) in [5.41, 5.74) is -0.405. The van der Waals surface area contributed by atoms with Crippen LogP contribution in [0.15, 0.2) is 17.0 Å². The summed E-state index contributed by atoms with van der Waals surface area (Å²) in [6, 6.07) is 1.09. The maximum absolute atomic E-state index is 14.1. The summed E-state index contributed by atoms with van der Waals surface area (Å²) >= 11 is 0. The lowest BCUT2D eigenvalue weighted by atomic mass is 9.98. The number of sulfonamides is 1. The number of hydrogen-bond acceptors (Lipinski definition) is 7. The number of anilines is 1. The number of rotatable bonds is 4. The summed E-state index contributed by atoms with van der Waals surface area (Å²) in [7, 11) is -4.79. The summed E-state index contributed by atoms with van der Waals surface area (Å²) < 4.78 is 53.1. The maximum atomic E-state index is 14.1. The van der Waals surface area contributed by atoms with Gasteiger partial charge in [-0.2, -0.15) is 5.26 Å². The van der Waals surface area contributed by atoms with Gasteiger partial charge in [0.05, 0.1) is 11.8 Å². The number of hydrogen-bond donors (Lipinski definition) is 4. The van der Waals surface area contributed by atoms with Crippen LogP contribution in [0.3, 0.4) is 0 Å². The zero-order valence-corrected chi connectivity index (χ0v) is 16.9. The third-order valence-electron chi connectivity index (χ3n) is 5.01. The average molecular weight is 442 g/mol. The molecule has 1 aromatic carbocycles. The zero-order chi connectivity index (χ0) is 22.2. The Balaban J connectivity index is 1.76. The molecule has 4 N–H and O–H groups in total. The first-order valence-electron chi connectivity index (χ1n) is 9.06. The lowest BCUT2D eigenvalue weighted by Gasteiger charge is -2.38. The minimum Gasteiger partial charge on any atom is -0.350 e. The molecule has 0 bridgehead atoms. The third-order valence-corrected chi connectivity index (χ3v) is 6.80. The van der Waals surface area contributed by atoms with E-state index in [2.05, 4.69) is 27.3 Å². The summed E-state index contributed by atoms with van der Waals surface area (Å²) in [4.78, 5) is 23.6. The molecule has 0 radical (unpaired) electrons. The van der Waals surface area contributed by atoms with Crippen LogP contribution in [0, 0.1) is 23.0 Å². The Bertz CT molecular complexity index is 1030. The van der Waals surface area contributed by atoms with Gasteiger partial charge in [0.1, 0.15) is 17.5 Å². The second kappa shape index (κ2) is 8.13. The molecule has 0 aromatic heterocycles. The normalized spacial score (nSPS) is 26.2. The van der Waals surface area contributed by atoms with E-state index in [9.17, 15) is 26.8 Å². The lowest BCUT2D eigenvalue weighted by Crippen LogP contribution is -2.66. The molecule has 1 saturated heterocycles. The van der Waals surface area contributed by atoms with Gasteiger partial charge in [-0.1, -0.05) is 0 Å². The Labute approximate surface area is 171 Å².